The van der Waals surface area contributed by atoms with Crippen molar-refractivity contribution in [1.29, 1.82) is 0 Å². The average molecular weight is 355 g/mol. The highest BCUT2D eigenvalue weighted by molar-refractivity contribution is 6.30. The minimum atomic E-state index is 0.350. The molecule has 0 unspecified atom stereocenters. The van der Waals surface area contributed by atoms with Crippen LogP contribution in [0.15, 0.2) is 53.2 Å². The molecule has 0 radical (unpaired) electrons. The Kier molecular flexibility index (Phi) is 4.76. The number of nitrogens with zero attached hydrogens (tertiary/aromatic N) is 4. The Hall–Kier alpha value is -2.24. The SMILES string of the molecule is Clc1ccc(CN2CCC(c3noc(-c4ccccn4)n3)CC2)cc1. The van der Waals surface area contributed by atoms with Gasteiger partial charge in [-0.1, -0.05) is 35.0 Å². The standard InChI is InChI=1S/C19H19ClN4O/c20-16-6-4-14(5-7-16)13-24-11-8-15(9-12-24)18-22-19(25-23-18)17-3-1-2-10-21-17/h1-7,10,15H,8-9,11-13H2. The van der Waals surface area contributed by atoms with Crippen LogP contribution in [0.1, 0.15) is 30.1 Å². The van der Waals surface area contributed by atoms with E-state index >= 15 is 0 Å². The topological polar surface area (TPSA) is 55.1 Å². The van der Waals surface area contributed by atoms with Crippen LogP contribution in [0.4, 0.5) is 0 Å². The van der Waals surface area contributed by atoms with Gasteiger partial charge in [-0.2, -0.15) is 4.98 Å². The van der Waals surface area contributed by atoms with Crippen molar-refractivity contribution in [3.8, 4) is 11.6 Å². The van der Waals surface area contributed by atoms with Gasteiger partial charge in [-0.25, -0.2) is 0 Å². The van der Waals surface area contributed by atoms with Gasteiger partial charge in [0, 0.05) is 23.7 Å². The van der Waals surface area contributed by atoms with E-state index < -0.39 is 0 Å². The highest BCUT2D eigenvalue weighted by Gasteiger charge is 2.25. The fourth-order valence-electron chi connectivity index (χ4n) is 3.19. The molecule has 0 aliphatic carbocycles. The Morgan fingerprint density at radius 1 is 1.08 bits per heavy atom. The first-order valence-corrected chi connectivity index (χ1v) is 8.87. The number of hydrogen-bond donors (Lipinski definition) is 0. The quantitative estimate of drug-likeness (QED) is 0.704. The maximum atomic E-state index is 5.95. The van der Waals surface area contributed by atoms with Crippen molar-refractivity contribution >= 4 is 11.6 Å². The molecule has 128 valence electrons. The van der Waals surface area contributed by atoms with Gasteiger partial charge < -0.3 is 4.52 Å². The third kappa shape index (κ3) is 3.89. The first kappa shape index (κ1) is 16.2. The molecular weight excluding hydrogens is 336 g/mol. The van der Waals surface area contributed by atoms with E-state index in [1.54, 1.807) is 6.20 Å². The second-order valence-electron chi connectivity index (χ2n) is 6.35. The van der Waals surface area contributed by atoms with Gasteiger partial charge in [0.25, 0.3) is 5.89 Å². The van der Waals surface area contributed by atoms with Crippen molar-refractivity contribution in [3.05, 3.63) is 65.1 Å². The minimum Gasteiger partial charge on any atom is -0.332 e. The summed E-state index contributed by atoms with van der Waals surface area (Å²) in [5.74, 6) is 1.65. The molecule has 1 aliphatic heterocycles. The first-order chi connectivity index (χ1) is 12.3. The normalized spacial score (nSPS) is 16.2. The Labute approximate surface area is 151 Å². The molecule has 3 aromatic rings. The second-order valence-corrected chi connectivity index (χ2v) is 6.79. The number of likely N-dealkylation sites (tertiary alicyclic amines) is 1. The van der Waals surface area contributed by atoms with E-state index in [0.29, 0.717) is 11.8 Å². The molecule has 2 aromatic heterocycles. The summed E-state index contributed by atoms with van der Waals surface area (Å²) in [4.78, 5) is 11.3. The van der Waals surface area contributed by atoms with Gasteiger partial charge in [0.1, 0.15) is 5.69 Å². The van der Waals surface area contributed by atoms with Crippen molar-refractivity contribution in [2.24, 2.45) is 0 Å². The summed E-state index contributed by atoms with van der Waals surface area (Å²) < 4.78 is 5.39. The lowest BCUT2D eigenvalue weighted by molar-refractivity contribution is 0.200. The second kappa shape index (κ2) is 7.33. The summed E-state index contributed by atoms with van der Waals surface area (Å²) in [7, 11) is 0. The lowest BCUT2D eigenvalue weighted by atomic mass is 9.96. The van der Waals surface area contributed by atoms with E-state index in [1.807, 2.05) is 30.3 Å². The molecule has 5 nitrogen and oxygen atoms in total. The zero-order valence-electron chi connectivity index (χ0n) is 13.8. The Morgan fingerprint density at radius 2 is 1.88 bits per heavy atom. The van der Waals surface area contributed by atoms with Crippen LogP contribution in [0.3, 0.4) is 0 Å². The van der Waals surface area contributed by atoms with Gasteiger partial charge in [-0.15, -0.1) is 0 Å². The lowest BCUT2D eigenvalue weighted by Crippen LogP contribution is -2.32. The Bertz CT molecular complexity index is 811. The summed E-state index contributed by atoms with van der Waals surface area (Å²) in [6.07, 6.45) is 3.80. The Balaban J connectivity index is 1.36. The highest BCUT2D eigenvalue weighted by Crippen LogP contribution is 2.28. The van der Waals surface area contributed by atoms with Crippen LogP contribution in [0.25, 0.3) is 11.6 Å². The maximum absolute atomic E-state index is 5.95. The van der Waals surface area contributed by atoms with Crippen molar-refractivity contribution in [3.63, 3.8) is 0 Å². The molecule has 1 aromatic carbocycles. The molecule has 0 spiro atoms. The minimum absolute atomic E-state index is 0.350. The van der Waals surface area contributed by atoms with Crippen LogP contribution in [0.2, 0.25) is 5.02 Å². The first-order valence-electron chi connectivity index (χ1n) is 8.50. The summed E-state index contributed by atoms with van der Waals surface area (Å²) in [5, 5.41) is 4.96. The molecule has 1 aliphatic rings. The van der Waals surface area contributed by atoms with Crippen molar-refractivity contribution < 1.29 is 4.52 Å². The molecular formula is C19H19ClN4O. The van der Waals surface area contributed by atoms with Crippen molar-refractivity contribution in [2.75, 3.05) is 13.1 Å². The average Bonchev–Trinajstić information content (AvgIpc) is 3.15. The smallest absolute Gasteiger partial charge is 0.276 e. The molecule has 0 N–H and O–H groups in total. The molecule has 1 saturated heterocycles. The number of halogens is 1. The zero-order valence-corrected chi connectivity index (χ0v) is 14.6. The van der Waals surface area contributed by atoms with E-state index in [9.17, 15) is 0 Å². The van der Waals surface area contributed by atoms with Crippen LogP contribution < -0.4 is 0 Å². The van der Waals surface area contributed by atoms with E-state index in [2.05, 4.69) is 32.2 Å². The predicted octanol–water partition coefficient (Wildman–Crippen LogP) is 4.16. The summed E-state index contributed by atoms with van der Waals surface area (Å²) in [6.45, 7) is 3.01. The summed E-state index contributed by atoms with van der Waals surface area (Å²) in [5.41, 5.74) is 2.02. The number of piperidine rings is 1. The van der Waals surface area contributed by atoms with E-state index in [1.165, 1.54) is 5.56 Å². The summed E-state index contributed by atoms with van der Waals surface area (Å²) in [6, 6.07) is 13.7. The highest BCUT2D eigenvalue weighted by atomic mass is 35.5. The van der Waals surface area contributed by atoms with E-state index in [4.69, 9.17) is 16.1 Å². The number of benzene rings is 1. The molecule has 25 heavy (non-hydrogen) atoms. The molecule has 3 heterocycles. The molecule has 0 amide bonds. The van der Waals surface area contributed by atoms with Gasteiger partial charge in [-0.05, 0) is 55.8 Å². The molecule has 0 bridgehead atoms. The van der Waals surface area contributed by atoms with Gasteiger partial charge >= 0.3 is 0 Å². The molecule has 1 fully saturated rings. The van der Waals surface area contributed by atoms with Gasteiger partial charge in [0.2, 0.25) is 0 Å². The third-order valence-electron chi connectivity index (χ3n) is 4.60. The van der Waals surface area contributed by atoms with Crippen LogP contribution in [-0.2, 0) is 6.54 Å². The van der Waals surface area contributed by atoms with Crippen LogP contribution in [-0.4, -0.2) is 33.1 Å². The summed E-state index contributed by atoms with van der Waals surface area (Å²) >= 11 is 5.95. The number of pyridine rings is 1. The zero-order chi connectivity index (χ0) is 17.1. The fourth-order valence-corrected chi connectivity index (χ4v) is 3.32. The van der Waals surface area contributed by atoms with Crippen molar-refractivity contribution in [1.82, 2.24) is 20.0 Å². The van der Waals surface area contributed by atoms with Gasteiger partial charge in [0.15, 0.2) is 5.82 Å². The fraction of sp³-hybridized carbons (Fsp3) is 0.316. The van der Waals surface area contributed by atoms with Crippen molar-refractivity contribution in [2.45, 2.75) is 25.3 Å². The lowest BCUT2D eigenvalue weighted by Gasteiger charge is -2.30. The maximum Gasteiger partial charge on any atom is 0.276 e. The van der Waals surface area contributed by atoms with Gasteiger partial charge in [0.05, 0.1) is 0 Å². The molecule has 6 heteroatoms. The van der Waals surface area contributed by atoms with Crippen LogP contribution in [0.5, 0.6) is 0 Å². The predicted molar refractivity (Wildman–Crippen MR) is 96.2 cm³/mol. The van der Waals surface area contributed by atoms with E-state index in [-0.39, 0.29) is 0 Å². The number of aromatic nitrogens is 3. The monoisotopic (exact) mass is 354 g/mol. The molecule has 4 rings (SSSR count). The number of hydrogen-bond acceptors (Lipinski definition) is 5. The van der Waals surface area contributed by atoms with Crippen LogP contribution >= 0.6 is 11.6 Å². The number of rotatable bonds is 4. The van der Waals surface area contributed by atoms with E-state index in [0.717, 1.165) is 49.0 Å². The van der Waals surface area contributed by atoms with Gasteiger partial charge in [-0.3, -0.25) is 9.88 Å². The van der Waals surface area contributed by atoms with Crippen LogP contribution in [0, 0.1) is 0 Å². The third-order valence-corrected chi connectivity index (χ3v) is 4.85. The Morgan fingerprint density at radius 3 is 2.60 bits per heavy atom. The molecule has 0 saturated carbocycles. The largest absolute Gasteiger partial charge is 0.332 e. The molecule has 0 atom stereocenters.